The van der Waals surface area contributed by atoms with Crippen LogP contribution in [0.1, 0.15) is 188 Å². The van der Waals surface area contributed by atoms with Crippen molar-refractivity contribution in [1.29, 1.82) is 0 Å². The fourth-order valence-corrected chi connectivity index (χ4v) is 5.72. The number of ether oxygens (including phenoxy) is 3. The van der Waals surface area contributed by atoms with Crippen LogP contribution in [0.5, 0.6) is 0 Å². The lowest BCUT2D eigenvalue weighted by Gasteiger charge is -2.18. The third kappa shape index (κ3) is 43.3. The van der Waals surface area contributed by atoms with Crippen LogP contribution in [0.15, 0.2) is 97.2 Å². The Morgan fingerprint density at radius 3 is 1.07 bits per heavy atom. The summed E-state index contributed by atoms with van der Waals surface area (Å²) in [7, 11) is 0. The molecule has 0 aliphatic rings. The van der Waals surface area contributed by atoms with Crippen LogP contribution in [0.4, 0.5) is 0 Å². The SMILES string of the molecule is CC/C=C\C/C=C\C/C=C\C/C=C\CCCCC(=O)OCC(COC(=O)CCCCCCCCCCC)OC(=O)CCCC/C=C\C/C=C\C/C=C\C/C=C\CC. The van der Waals surface area contributed by atoms with Gasteiger partial charge in [0.05, 0.1) is 0 Å². The molecule has 0 amide bonds. The Bertz CT molecular complexity index is 1180. The second kappa shape index (κ2) is 45.0. The molecule has 0 aromatic rings. The average molecular weight is 791 g/mol. The minimum absolute atomic E-state index is 0.108. The normalized spacial score (nSPS) is 13.0. The Morgan fingerprint density at radius 1 is 0.368 bits per heavy atom. The minimum Gasteiger partial charge on any atom is -0.462 e. The zero-order valence-corrected chi connectivity index (χ0v) is 36.6. The summed E-state index contributed by atoms with van der Waals surface area (Å²) in [6.45, 7) is 6.29. The van der Waals surface area contributed by atoms with E-state index in [4.69, 9.17) is 14.2 Å². The van der Waals surface area contributed by atoms with Crippen LogP contribution in [0.2, 0.25) is 0 Å². The predicted molar refractivity (Wildman–Crippen MR) is 242 cm³/mol. The van der Waals surface area contributed by atoms with E-state index in [0.717, 1.165) is 96.3 Å². The van der Waals surface area contributed by atoms with Gasteiger partial charge in [0.25, 0.3) is 0 Å². The van der Waals surface area contributed by atoms with Crippen LogP contribution in [0.25, 0.3) is 0 Å². The van der Waals surface area contributed by atoms with E-state index in [1.807, 2.05) is 0 Å². The molecule has 0 N–H and O–H groups in total. The summed E-state index contributed by atoms with van der Waals surface area (Å²) in [5.74, 6) is -1.01. The van der Waals surface area contributed by atoms with Gasteiger partial charge in [0.1, 0.15) is 13.2 Å². The van der Waals surface area contributed by atoms with E-state index in [0.29, 0.717) is 25.7 Å². The van der Waals surface area contributed by atoms with Gasteiger partial charge in [0.15, 0.2) is 6.10 Å². The fourth-order valence-electron chi connectivity index (χ4n) is 5.72. The maximum Gasteiger partial charge on any atom is 0.306 e. The standard InChI is InChI=1S/C51H82O6/c1-4-7-10-13-16-19-21-23-25-27-29-32-35-38-41-44-50(53)56-47-48(46-55-49(52)43-40-37-34-31-18-15-12-9-6-3)57-51(54)45-42-39-36-33-30-28-26-24-22-20-17-14-11-8-5-2/h7-8,10-11,16-17,19-20,23-26,29-30,32-33,48H,4-6,9,12-15,18,21-22,27-28,31,34-47H2,1-3H3/b10-7-,11-8-,19-16-,20-17-,25-23-,26-24-,32-29-,33-30-. The average Bonchev–Trinajstić information content (AvgIpc) is 3.21. The third-order valence-corrected chi connectivity index (χ3v) is 9.08. The Labute approximate surface area is 349 Å². The first kappa shape index (κ1) is 53.3. The van der Waals surface area contributed by atoms with Crippen molar-refractivity contribution in [1.82, 2.24) is 0 Å². The molecule has 0 saturated heterocycles. The Morgan fingerprint density at radius 2 is 0.684 bits per heavy atom. The maximum atomic E-state index is 12.7. The second-order valence-electron chi connectivity index (χ2n) is 14.5. The first-order valence-electron chi connectivity index (χ1n) is 22.7. The molecule has 0 spiro atoms. The van der Waals surface area contributed by atoms with E-state index in [2.05, 4.69) is 118 Å². The number of carbonyl (C=O) groups excluding carboxylic acids is 3. The van der Waals surface area contributed by atoms with Gasteiger partial charge in [0.2, 0.25) is 0 Å². The minimum atomic E-state index is -0.813. The molecule has 322 valence electrons. The molecule has 0 aromatic carbocycles. The highest BCUT2D eigenvalue weighted by atomic mass is 16.6. The van der Waals surface area contributed by atoms with Crippen LogP contribution in [0, 0.1) is 0 Å². The highest BCUT2D eigenvalue weighted by molar-refractivity contribution is 5.71. The highest BCUT2D eigenvalue weighted by Gasteiger charge is 2.19. The number of esters is 3. The summed E-state index contributed by atoms with van der Waals surface area (Å²) in [5.41, 5.74) is 0. The zero-order valence-electron chi connectivity index (χ0n) is 36.6. The van der Waals surface area contributed by atoms with Crippen molar-refractivity contribution in [2.24, 2.45) is 0 Å². The van der Waals surface area contributed by atoms with Gasteiger partial charge in [-0.3, -0.25) is 14.4 Å². The van der Waals surface area contributed by atoms with Crippen molar-refractivity contribution in [3.63, 3.8) is 0 Å². The van der Waals surface area contributed by atoms with Gasteiger partial charge in [-0.15, -0.1) is 0 Å². The molecule has 0 aromatic heterocycles. The molecule has 0 bridgehead atoms. The molecule has 0 radical (unpaired) electrons. The van der Waals surface area contributed by atoms with Crippen LogP contribution in [-0.2, 0) is 28.6 Å². The summed E-state index contributed by atoms with van der Waals surface area (Å²) in [6, 6.07) is 0. The van der Waals surface area contributed by atoms with E-state index >= 15 is 0 Å². The quantitative estimate of drug-likeness (QED) is 0.0267. The first-order valence-corrected chi connectivity index (χ1v) is 22.7. The molecule has 0 saturated carbocycles. The van der Waals surface area contributed by atoms with E-state index in [1.54, 1.807) is 0 Å². The van der Waals surface area contributed by atoms with Crippen molar-refractivity contribution in [3.05, 3.63) is 97.2 Å². The van der Waals surface area contributed by atoms with Crippen molar-refractivity contribution >= 4 is 17.9 Å². The van der Waals surface area contributed by atoms with Gasteiger partial charge in [0, 0.05) is 19.3 Å². The van der Waals surface area contributed by atoms with Gasteiger partial charge in [-0.2, -0.15) is 0 Å². The molecule has 1 atom stereocenters. The predicted octanol–water partition coefficient (Wildman–Crippen LogP) is 14.6. The van der Waals surface area contributed by atoms with Gasteiger partial charge >= 0.3 is 17.9 Å². The molecule has 0 aliphatic heterocycles. The monoisotopic (exact) mass is 791 g/mol. The summed E-state index contributed by atoms with van der Waals surface area (Å²) in [5, 5.41) is 0. The third-order valence-electron chi connectivity index (χ3n) is 9.08. The van der Waals surface area contributed by atoms with Crippen LogP contribution in [-0.4, -0.2) is 37.2 Å². The van der Waals surface area contributed by atoms with Crippen molar-refractivity contribution < 1.29 is 28.6 Å². The molecule has 6 heteroatoms. The van der Waals surface area contributed by atoms with Crippen molar-refractivity contribution in [2.45, 2.75) is 194 Å². The summed E-state index contributed by atoms with van der Waals surface area (Å²) < 4.78 is 16.6. The zero-order chi connectivity index (χ0) is 41.5. The number of hydrogen-bond acceptors (Lipinski definition) is 6. The van der Waals surface area contributed by atoms with E-state index < -0.39 is 6.10 Å². The highest BCUT2D eigenvalue weighted by Crippen LogP contribution is 2.12. The Kier molecular flexibility index (Phi) is 42.1. The molecule has 6 nitrogen and oxygen atoms in total. The van der Waals surface area contributed by atoms with Crippen LogP contribution >= 0.6 is 0 Å². The van der Waals surface area contributed by atoms with E-state index in [-0.39, 0.29) is 37.5 Å². The fraction of sp³-hybridized carbons (Fsp3) is 0.627. The van der Waals surface area contributed by atoms with E-state index in [9.17, 15) is 14.4 Å². The lowest BCUT2D eigenvalue weighted by Crippen LogP contribution is -2.30. The molecule has 1 unspecified atom stereocenters. The molecular weight excluding hydrogens is 709 g/mol. The molecule has 0 fully saturated rings. The summed E-state index contributed by atoms with van der Waals surface area (Å²) in [4.78, 5) is 37.7. The summed E-state index contributed by atoms with van der Waals surface area (Å²) >= 11 is 0. The second-order valence-corrected chi connectivity index (χ2v) is 14.5. The van der Waals surface area contributed by atoms with E-state index in [1.165, 1.54) is 38.5 Å². The maximum absolute atomic E-state index is 12.7. The number of allylic oxidation sites excluding steroid dienone is 16. The lowest BCUT2D eigenvalue weighted by atomic mass is 10.1. The molecule has 0 rings (SSSR count). The van der Waals surface area contributed by atoms with Crippen LogP contribution < -0.4 is 0 Å². The topological polar surface area (TPSA) is 78.9 Å². The largest absolute Gasteiger partial charge is 0.462 e. The lowest BCUT2D eigenvalue weighted by molar-refractivity contribution is -0.167. The molecular formula is C51H82O6. The molecule has 0 heterocycles. The Hall–Kier alpha value is -3.67. The van der Waals surface area contributed by atoms with Crippen molar-refractivity contribution in [3.8, 4) is 0 Å². The number of rotatable bonds is 39. The molecule has 57 heavy (non-hydrogen) atoms. The summed E-state index contributed by atoms with van der Waals surface area (Å²) in [6.07, 6.45) is 58.2. The van der Waals surface area contributed by atoms with Gasteiger partial charge in [-0.05, 0) is 96.3 Å². The van der Waals surface area contributed by atoms with Crippen LogP contribution in [0.3, 0.4) is 0 Å². The Balaban J connectivity index is 4.53. The smallest absolute Gasteiger partial charge is 0.306 e. The first-order chi connectivity index (χ1) is 28.0. The van der Waals surface area contributed by atoms with Gasteiger partial charge < -0.3 is 14.2 Å². The van der Waals surface area contributed by atoms with Gasteiger partial charge in [-0.1, -0.05) is 169 Å². The number of unbranched alkanes of at least 4 members (excludes halogenated alkanes) is 12. The van der Waals surface area contributed by atoms with Gasteiger partial charge in [-0.25, -0.2) is 0 Å². The number of hydrogen-bond donors (Lipinski definition) is 0. The number of carbonyl (C=O) groups is 3. The van der Waals surface area contributed by atoms with Crippen molar-refractivity contribution in [2.75, 3.05) is 13.2 Å². The molecule has 0 aliphatic carbocycles.